The van der Waals surface area contributed by atoms with Crippen LogP contribution in [0.15, 0.2) is 24.3 Å². The molecule has 1 aromatic carbocycles. The Bertz CT molecular complexity index is 618. The van der Waals surface area contributed by atoms with Gasteiger partial charge in [-0.25, -0.2) is 4.39 Å². The van der Waals surface area contributed by atoms with Gasteiger partial charge in [0, 0.05) is 32.7 Å². The largest absolute Gasteiger partial charge is 0.378 e. The van der Waals surface area contributed by atoms with E-state index < -0.39 is 5.82 Å². The summed E-state index contributed by atoms with van der Waals surface area (Å²) in [5.41, 5.74) is 0.169. The van der Waals surface area contributed by atoms with Crippen molar-refractivity contribution in [3.8, 4) is 0 Å². The van der Waals surface area contributed by atoms with Crippen LogP contribution in [0.5, 0.6) is 0 Å². The van der Waals surface area contributed by atoms with E-state index in [4.69, 9.17) is 4.74 Å². The van der Waals surface area contributed by atoms with Crippen LogP contribution in [-0.2, 0) is 4.74 Å². The summed E-state index contributed by atoms with van der Waals surface area (Å²) >= 11 is 0. The molecule has 3 aliphatic heterocycles. The first-order valence-corrected chi connectivity index (χ1v) is 8.16. The number of carbonyl (C=O) groups excluding carboxylic acids is 1. The summed E-state index contributed by atoms with van der Waals surface area (Å²) in [5.74, 6) is -0.651. The average molecular weight is 319 g/mol. The molecule has 1 unspecified atom stereocenters. The number of likely N-dealkylation sites (tertiary alicyclic amines) is 1. The first kappa shape index (κ1) is 15.1. The van der Waals surface area contributed by atoms with Crippen molar-refractivity contribution in [1.82, 2.24) is 14.7 Å². The molecule has 1 aromatic rings. The molecule has 0 saturated carbocycles. The predicted octanol–water partition coefficient (Wildman–Crippen LogP) is 0.666. The number of rotatable bonds is 1. The summed E-state index contributed by atoms with van der Waals surface area (Å²) in [6.07, 6.45) is 0. The number of amides is 1. The Morgan fingerprint density at radius 1 is 1.30 bits per heavy atom. The fraction of sp³-hybridized carbons (Fsp3) is 0.588. The number of carbonyl (C=O) groups is 1. The molecule has 23 heavy (non-hydrogen) atoms. The normalized spacial score (nSPS) is 27.6. The minimum atomic E-state index is -0.445. The van der Waals surface area contributed by atoms with Gasteiger partial charge in [0.25, 0.3) is 5.91 Å². The summed E-state index contributed by atoms with van der Waals surface area (Å²) < 4.78 is 19.6. The molecule has 0 aromatic heterocycles. The Labute approximate surface area is 135 Å². The van der Waals surface area contributed by atoms with E-state index in [-0.39, 0.29) is 23.1 Å². The SMILES string of the molecule is CN1CC2(C1)CN(C(=O)c1ccccc1F)CC1COCCN12. The smallest absolute Gasteiger partial charge is 0.256 e. The van der Waals surface area contributed by atoms with Crippen molar-refractivity contribution in [2.24, 2.45) is 0 Å². The molecule has 1 amide bonds. The number of fused-ring (bicyclic) bond motifs is 2. The number of benzene rings is 1. The molecule has 5 nitrogen and oxygen atoms in total. The molecule has 3 fully saturated rings. The Kier molecular flexibility index (Phi) is 3.63. The van der Waals surface area contributed by atoms with Crippen molar-refractivity contribution in [3.05, 3.63) is 35.6 Å². The van der Waals surface area contributed by atoms with E-state index in [1.165, 1.54) is 6.07 Å². The molecule has 1 atom stereocenters. The topological polar surface area (TPSA) is 36.0 Å². The lowest BCUT2D eigenvalue weighted by Gasteiger charge is -2.62. The van der Waals surface area contributed by atoms with Gasteiger partial charge in [0.2, 0.25) is 0 Å². The lowest BCUT2D eigenvalue weighted by molar-refractivity contribution is -0.153. The maximum absolute atomic E-state index is 14.0. The lowest BCUT2D eigenvalue weighted by Crippen LogP contribution is -2.80. The molecule has 1 spiro atoms. The van der Waals surface area contributed by atoms with Crippen molar-refractivity contribution in [1.29, 1.82) is 0 Å². The zero-order chi connectivity index (χ0) is 16.0. The Hall–Kier alpha value is -1.50. The maximum atomic E-state index is 14.0. The van der Waals surface area contributed by atoms with Gasteiger partial charge >= 0.3 is 0 Å². The van der Waals surface area contributed by atoms with Crippen molar-refractivity contribution in [3.63, 3.8) is 0 Å². The van der Waals surface area contributed by atoms with Crippen molar-refractivity contribution in [2.45, 2.75) is 11.6 Å². The number of halogens is 1. The zero-order valence-electron chi connectivity index (χ0n) is 13.4. The van der Waals surface area contributed by atoms with E-state index in [1.807, 2.05) is 4.90 Å². The van der Waals surface area contributed by atoms with Gasteiger partial charge in [-0.05, 0) is 19.2 Å². The van der Waals surface area contributed by atoms with Gasteiger partial charge in [0.1, 0.15) is 5.82 Å². The molecule has 3 aliphatic rings. The van der Waals surface area contributed by atoms with E-state index in [0.29, 0.717) is 19.7 Å². The van der Waals surface area contributed by atoms with Crippen molar-refractivity contribution >= 4 is 5.91 Å². The molecule has 0 aliphatic carbocycles. The van der Waals surface area contributed by atoms with Crippen LogP contribution in [0.25, 0.3) is 0 Å². The number of hydrogen-bond donors (Lipinski definition) is 0. The predicted molar refractivity (Wildman–Crippen MR) is 83.8 cm³/mol. The fourth-order valence-electron chi connectivity index (χ4n) is 4.40. The minimum Gasteiger partial charge on any atom is -0.378 e. The molecule has 0 bridgehead atoms. The second kappa shape index (κ2) is 5.54. The van der Waals surface area contributed by atoms with Crippen LogP contribution in [0.3, 0.4) is 0 Å². The van der Waals surface area contributed by atoms with Gasteiger partial charge < -0.3 is 14.5 Å². The van der Waals surface area contributed by atoms with Crippen LogP contribution in [0.4, 0.5) is 4.39 Å². The number of morpholine rings is 1. The molecule has 0 N–H and O–H groups in total. The third kappa shape index (κ3) is 2.45. The van der Waals surface area contributed by atoms with Crippen LogP contribution in [0.1, 0.15) is 10.4 Å². The molecule has 3 heterocycles. The van der Waals surface area contributed by atoms with Crippen LogP contribution in [0.2, 0.25) is 0 Å². The van der Waals surface area contributed by atoms with Crippen LogP contribution in [-0.4, -0.2) is 85.2 Å². The van der Waals surface area contributed by atoms with E-state index in [1.54, 1.807) is 18.2 Å². The number of likely N-dealkylation sites (N-methyl/N-ethyl adjacent to an activating group) is 1. The second-order valence-corrected chi connectivity index (χ2v) is 6.98. The molecule has 0 radical (unpaired) electrons. The second-order valence-electron chi connectivity index (χ2n) is 6.98. The monoisotopic (exact) mass is 319 g/mol. The van der Waals surface area contributed by atoms with Gasteiger partial charge in [-0.1, -0.05) is 12.1 Å². The number of hydrogen-bond acceptors (Lipinski definition) is 4. The van der Waals surface area contributed by atoms with E-state index in [0.717, 1.165) is 26.2 Å². The Balaban J connectivity index is 1.60. The van der Waals surface area contributed by atoms with E-state index >= 15 is 0 Å². The average Bonchev–Trinajstić information content (AvgIpc) is 2.53. The molecule has 6 heteroatoms. The van der Waals surface area contributed by atoms with Gasteiger partial charge in [-0.15, -0.1) is 0 Å². The van der Waals surface area contributed by atoms with Crippen molar-refractivity contribution < 1.29 is 13.9 Å². The summed E-state index contributed by atoms with van der Waals surface area (Å²) in [7, 11) is 2.10. The fourth-order valence-corrected chi connectivity index (χ4v) is 4.40. The summed E-state index contributed by atoms with van der Waals surface area (Å²) in [5, 5.41) is 0. The van der Waals surface area contributed by atoms with Gasteiger partial charge in [0.15, 0.2) is 0 Å². The minimum absolute atomic E-state index is 0.00234. The van der Waals surface area contributed by atoms with Crippen LogP contribution >= 0.6 is 0 Å². The van der Waals surface area contributed by atoms with Gasteiger partial charge in [-0.2, -0.15) is 0 Å². The standard InChI is InChI=1S/C17H22FN3O2/c1-19-10-17(11-19)12-20(8-13-9-23-7-6-21(13)17)16(22)14-4-2-3-5-15(14)18/h2-5,13H,6-12H2,1H3. The highest BCUT2D eigenvalue weighted by molar-refractivity contribution is 5.94. The molecular formula is C17H22FN3O2. The van der Waals surface area contributed by atoms with Crippen LogP contribution < -0.4 is 0 Å². The highest BCUT2D eigenvalue weighted by Crippen LogP contribution is 2.35. The third-order valence-corrected chi connectivity index (χ3v) is 5.27. The van der Waals surface area contributed by atoms with E-state index in [9.17, 15) is 9.18 Å². The first-order chi connectivity index (χ1) is 11.1. The maximum Gasteiger partial charge on any atom is 0.256 e. The zero-order valence-corrected chi connectivity index (χ0v) is 13.4. The van der Waals surface area contributed by atoms with Crippen molar-refractivity contribution in [2.75, 3.05) is 53.0 Å². The molecular weight excluding hydrogens is 297 g/mol. The third-order valence-electron chi connectivity index (χ3n) is 5.27. The van der Waals surface area contributed by atoms with Gasteiger partial charge in [-0.3, -0.25) is 9.69 Å². The number of ether oxygens (including phenoxy) is 1. The van der Waals surface area contributed by atoms with E-state index in [2.05, 4.69) is 16.8 Å². The highest BCUT2D eigenvalue weighted by Gasteiger charge is 2.53. The van der Waals surface area contributed by atoms with Crippen LogP contribution in [0, 0.1) is 5.82 Å². The number of piperazine rings is 1. The Morgan fingerprint density at radius 2 is 2.09 bits per heavy atom. The molecule has 124 valence electrons. The Morgan fingerprint density at radius 3 is 2.83 bits per heavy atom. The number of nitrogens with zero attached hydrogens (tertiary/aromatic N) is 3. The molecule has 3 saturated heterocycles. The van der Waals surface area contributed by atoms with Gasteiger partial charge in [0.05, 0.1) is 30.4 Å². The lowest BCUT2D eigenvalue weighted by atomic mass is 9.83. The molecule has 4 rings (SSSR count). The summed E-state index contributed by atoms with van der Waals surface area (Å²) in [4.78, 5) is 19.4. The summed E-state index contributed by atoms with van der Waals surface area (Å²) in [6, 6.07) is 6.45. The summed E-state index contributed by atoms with van der Waals surface area (Å²) in [6.45, 7) is 5.49. The quantitative estimate of drug-likeness (QED) is 0.762. The highest BCUT2D eigenvalue weighted by atomic mass is 19.1. The first-order valence-electron chi connectivity index (χ1n) is 8.16.